The van der Waals surface area contributed by atoms with E-state index in [2.05, 4.69) is 0 Å². The zero-order valence-electron chi connectivity index (χ0n) is 13.1. The Morgan fingerprint density at radius 2 is 1.72 bits per heavy atom. The third kappa shape index (κ3) is 4.38. The molecule has 0 fully saturated rings. The first-order chi connectivity index (χ1) is 11.9. The first kappa shape index (κ1) is 18.5. The summed E-state index contributed by atoms with van der Waals surface area (Å²) < 4.78 is 29.6. The fourth-order valence-corrected chi connectivity index (χ4v) is 3.12. The predicted octanol–water partition coefficient (Wildman–Crippen LogP) is 1.29. The summed E-state index contributed by atoms with van der Waals surface area (Å²) in [4.78, 5) is 23.6. The Hall–Kier alpha value is -2.82. The molecule has 10 heteroatoms. The fraction of sp³-hybridized carbons (Fsp3) is 0.133. The minimum atomic E-state index is -4.33. The molecule has 132 valence electrons. The first-order valence-corrected chi connectivity index (χ1v) is 8.48. The molecule has 2 aromatic rings. The van der Waals surface area contributed by atoms with Crippen LogP contribution in [0.2, 0.25) is 0 Å². The first-order valence-electron chi connectivity index (χ1n) is 6.99. The lowest BCUT2D eigenvalue weighted by Crippen LogP contribution is -2.44. The highest BCUT2D eigenvalue weighted by atomic mass is 32.2. The summed E-state index contributed by atoms with van der Waals surface area (Å²) in [6.45, 7) is 0. The van der Waals surface area contributed by atoms with Gasteiger partial charge in [-0.3, -0.25) is 20.3 Å². The Labute approximate surface area is 143 Å². The van der Waals surface area contributed by atoms with E-state index in [1.54, 1.807) is 30.3 Å². The SMILES string of the molecule is CO[C@H](C(=O)NNS(=O)(=O)c1ccccc1[N+](=O)[O-])c1ccccc1. The molecule has 2 rings (SSSR count). The lowest BCUT2D eigenvalue weighted by Gasteiger charge is -2.16. The van der Waals surface area contributed by atoms with Gasteiger partial charge in [-0.05, 0) is 11.6 Å². The van der Waals surface area contributed by atoms with E-state index in [1.165, 1.54) is 19.2 Å². The van der Waals surface area contributed by atoms with Gasteiger partial charge in [-0.15, -0.1) is 4.83 Å². The van der Waals surface area contributed by atoms with Gasteiger partial charge >= 0.3 is 0 Å². The van der Waals surface area contributed by atoms with E-state index < -0.39 is 37.5 Å². The summed E-state index contributed by atoms with van der Waals surface area (Å²) >= 11 is 0. The molecule has 2 aromatic carbocycles. The van der Waals surface area contributed by atoms with Crippen LogP contribution in [-0.2, 0) is 19.6 Å². The Morgan fingerprint density at radius 3 is 2.32 bits per heavy atom. The van der Waals surface area contributed by atoms with E-state index in [-0.39, 0.29) is 0 Å². The van der Waals surface area contributed by atoms with Crippen molar-refractivity contribution in [3.05, 3.63) is 70.3 Å². The normalized spacial score (nSPS) is 12.4. The van der Waals surface area contributed by atoms with E-state index in [1.807, 2.05) is 10.3 Å². The monoisotopic (exact) mass is 365 g/mol. The number of hydrogen-bond acceptors (Lipinski definition) is 6. The van der Waals surface area contributed by atoms with Gasteiger partial charge in [-0.1, -0.05) is 42.5 Å². The summed E-state index contributed by atoms with van der Waals surface area (Å²) in [6.07, 6.45) is -1.05. The predicted molar refractivity (Wildman–Crippen MR) is 87.8 cm³/mol. The molecule has 2 N–H and O–H groups in total. The summed E-state index contributed by atoms with van der Waals surface area (Å²) in [5, 5.41) is 11.0. The van der Waals surface area contributed by atoms with Gasteiger partial charge in [-0.25, -0.2) is 8.42 Å². The van der Waals surface area contributed by atoms with Gasteiger partial charge in [0.05, 0.1) is 4.92 Å². The summed E-state index contributed by atoms with van der Waals surface area (Å²) in [7, 11) is -3.03. The molecule has 25 heavy (non-hydrogen) atoms. The highest BCUT2D eigenvalue weighted by Crippen LogP contribution is 2.22. The van der Waals surface area contributed by atoms with Gasteiger partial charge in [0.2, 0.25) is 0 Å². The number of rotatable bonds is 7. The molecule has 0 spiro atoms. The van der Waals surface area contributed by atoms with Gasteiger partial charge in [0, 0.05) is 13.2 Å². The van der Waals surface area contributed by atoms with Crippen LogP contribution in [0.4, 0.5) is 5.69 Å². The molecular weight excluding hydrogens is 350 g/mol. The number of benzene rings is 2. The van der Waals surface area contributed by atoms with Crippen LogP contribution in [-0.4, -0.2) is 26.4 Å². The fourth-order valence-electron chi connectivity index (χ4n) is 2.10. The van der Waals surface area contributed by atoms with Gasteiger partial charge in [0.25, 0.3) is 21.6 Å². The van der Waals surface area contributed by atoms with Crippen LogP contribution in [0.3, 0.4) is 0 Å². The Balaban J connectivity index is 2.17. The van der Waals surface area contributed by atoms with Crippen LogP contribution < -0.4 is 10.3 Å². The number of nitro groups is 1. The quantitative estimate of drug-likeness (QED) is 0.562. The Bertz CT molecular complexity index is 870. The number of para-hydroxylation sites is 1. The summed E-state index contributed by atoms with van der Waals surface area (Å²) in [5.74, 6) is -0.768. The van der Waals surface area contributed by atoms with Crippen LogP contribution in [0, 0.1) is 10.1 Å². The maximum atomic E-state index is 12.2. The van der Waals surface area contributed by atoms with Crippen molar-refractivity contribution in [1.29, 1.82) is 0 Å². The number of ether oxygens (including phenoxy) is 1. The topological polar surface area (TPSA) is 128 Å². The van der Waals surface area contributed by atoms with Crippen molar-refractivity contribution in [2.45, 2.75) is 11.0 Å². The lowest BCUT2D eigenvalue weighted by atomic mass is 10.1. The molecular formula is C15H15N3O6S. The zero-order chi connectivity index (χ0) is 18.4. The van der Waals surface area contributed by atoms with Crippen molar-refractivity contribution < 1.29 is 22.9 Å². The lowest BCUT2D eigenvalue weighted by molar-refractivity contribution is -0.387. The molecule has 0 aliphatic rings. The molecule has 0 bridgehead atoms. The summed E-state index contributed by atoms with van der Waals surface area (Å²) in [6, 6.07) is 13.2. The maximum absolute atomic E-state index is 12.2. The second kappa shape index (κ2) is 7.83. The number of sulfonamides is 1. The zero-order valence-corrected chi connectivity index (χ0v) is 13.9. The van der Waals surface area contributed by atoms with Crippen LogP contribution in [0.15, 0.2) is 59.5 Å². The third-order valence-corrected chi connectivity index (χ3v) is 4.53. The number of carbonyl (C=O) groups excluding carboxylic acids is 1. The van der Waals surface area contributed by atoms with Gasteiger partial charge < -0.3 is 4.74 Å². The highest BCUT2D eigenvalue weighted by Gasteiger charge is 2.27. The molecule has 0 unspecified atom stereocenters. The number of carbonyl (C=O) groups is 1. The molecule has 0 saturated carbocycles. The van der Waals surface area contributed by atoms with E-state index in [0.29, 0.717) is 5.56 Å². The minimum absolute atomic E-state index is 0.521. The van der Waals surface area contributed by atoms with Crippen molar-refractivity contribution in [2.75, 3.05) is 7.11 Å². The van der Waals surface area contributed by atoms with Gasteiger partial charge in [0.15, 0.2) is 11.0 Å². The number of nitrogens with one attached hydrogen (secondary N) is 2. The second-order valence-electron chi connectivity index (χ2n) is 4.85. The van der Waals surface area contributed by atoms with Gasteiger partial charge in [-0.2, -0.15) is 0 Å². The molecule has 0 saturated heterocycles. The van der Waals surface area contributed by atoms with E-state index in [9.17, 15) is 23.3 Å². The van der Waals surface area contributed by atoms with E-state index >= 15 is 0 Å². The van der Waals surface area contributed by atoms with Crippen LogP contribution in [0.1, 0.15) is 11.7 Å². The standard InChI is InChI=1S/C15H15N3O6S/c1-24-14(11-7-3-2-4-8-11)15(19)16-17-25(22,23)13-10-6-5-9-12(13)18(20)21/h2-10,14,17H,1H3,(H,16,19)/t14-/m0/s1. The smallest absolute Gasteiger partial charge is 0.289 e. The van der Waals surface area contributed by atoms with Crippen LogP contribution in [0.5, 0.6) is 0 Å². The number of hydrogen-bond donors (Lipinski definition) is 2. The number of amides is 1. The molecule has 0 heterocycles. The average Bonchev–Trinajstić information content (AvgIpc) is 2.61. The molecule has 9 nitrogen and oxygen atoms in total. The third-order valence-electron chi connectivity index (χ3n) is 3.24. The largest absolute Gasteiger partial charge is 0.367 e. The Morgan fingerprint density at radius 1 is 1.12 bits per heavy atom. The van der Waals surface area contributed by atoms with Crippen molar-refractivity contribution in [1.82, 2.24) is 10.3 Å². The molecule has 0 aliphatic carbocycles. The summed E-state index contributed by atoms with van der Waals surface area (Å²) in [5.41, 5.74) is 1.93. The molecule has 0 aromatic heterocycles. The second-order valence-corrected chi connectivity index (χ2v) is 6.50. The van der Waals surface area contributed by atoms with E-state index in [0.717, 1.165) is 12.1 Å². The number of methoxy groups -OCH3 is 1. The molecule has 1 amide bonds. The van der Waals surface area contributed by atoms with Crippen molar-refractivity contribution in [2.24, 2.45) is 0 Å². The van der Waals surface area contributed by atoms with Crippen LogP contribution in [0.25, 0.3) is 0 Å². The van der Waals surface area contributed by atoms with Gasteiger partial charge in [0.1, 0.15) is 0 Å². The molecule has 0 aliphatic heterocycles. The van der Waals surface area contributed by atoms with Crippen LogP contribution >= 0.6 is 0 Å². The van der Waals surface area contributed by atoms with Crippen molar-refractivity contribution in [3.63, 3.8) is 0 Å². The number of nitro benzene ring substituents is 1. The van der Waals surface area contributed by atoms with Crippen molar-refractivity contribution >= 4 is 21.6 Å². The highest BCUT2D eigenvalue weighted by molar-refractivity contribution is 7.89. The molecule has 0 radical (unpaired) electrons. The number of nitrogens with zero attached hydrogens (tertiary/aromatic N) is 1. The average molecular weight is 365 g/mol. The minimum Gasteiger partial charge on any atom is -0.367 e. The maximum Gasteiger partial charge on any atom is 0.289 e. The Kier molecular flexibility index (Phi) is 5.80. The number of hydrazine groups is 1. The van der Waals surface area contributed by atoms with E-state index in [4.69, 9.17) is 4.74 Å². The van der Waals surface area contributed by atoms with Crippen molar-refractivity contribution in [3.8, 4) is 0 Å². The molecule has 1 atom stereocenters.